The summed E-state index contributed by atoms with van der Waals surface area (Å²) in [6.07, 6.45) is 1.33. The summed E-state index contributed by atoms with van der Waals surface area (Å²) < 4.78 is 31.4. The van der Waals surface area contributed by atoms with Crippen molar-refractivity contribution in [3.63, 3.8) is 0 Å². The van der Waals surface area contributed by atoms with Gasteiger partial charge < -0.3 is 9.72 Å². The van der Waals surface area contributed by atoms with Gasteiger partial charge in [-0.1, -0.05) is 27.7 Å². The quantitative estimate of drug-likeness (QED) is 0.781. The molecule has 0 unspecified atom stereocenters. The molecule has 1 rings (SSSR count). The minimum absolute atomic E-state index is 0.0872. The fourth-order valence-corrected chi connectivity index (χ4v) is 3.75. The standard InChI is InChI=1S/C14H24N2O4S/c1-10(2)8-16(9-11(3)4)21(18,19)12-6-13(15-7-12)14(17)20-5/h6-7,10-11,15H,8-9H2,1-5H3. The molecule has 1 aromatic rings. The van der Waals surface area contributed by atoms with Crippen LogP contribution in [0.4, 0.5) is 0 Å². The van der Waals surface area contributed by atoms with Crippen LogP contribution in [-0.4, -0.2) is 43.9 Å². The molecule has 0 saturated heterocycles. The maximum Gasteiger partial charge on any atom is 0.354 e. The minimum atomic E-state index is -3.62. The van der Waals surface area contributed by atoms with Crippen LogP contribution in [0, 0.1) is 11.8 Å². The zero-order chi connectivity index (χ0) is 16.2. The number of hydrogen-bond donors (Lipinski definition) is 1. The number of aromatic nitrogens is 1. The molecule has 1 N–H and O–H groups in total. The highest BCUT2D eigenvalue weighted by molar-refractivity contribution is 7.89. The third-order valence-electron chi connectivity index (χ3n) is 2.84. The molecule has 0 aromatic carbocycles. The van der Waals surface area contributed by atoms with Crippen molar-refractivity contribution < 1.29 is 17.9 Å². The molecule has 21 heavy (non-hydrogen) atoms. The van der Waals surface area contributed by atoms with E-state index in [-0.39, 0.29) is 22.4 Å². The summed E-state index contributed by atoms with van der Waals surface area (Å²) >= 11 is 0. The average molecular weight is 316 g/mol. The van der Waals surface area contributed by atoms with Gasteiger partial charge in [-0.05, 0) is 17.9 Å². The lowest BCUT2D eigenvalue weighted by Crippen LogP contribution is -2.36. The summed E-state index contributed by atoms with van der Waals surface area (Å²) in [5, 5.41) is 0. The van der Waals surface area contributed by atoms with E-state index in [9.17, 15) is 13.2 Å². The average Bonchev–Trinajstić information content (AvgIpc) is 2.86. The van der Waals surface area contributed by atoms with Crippen molar-refractivity contribution in [2.75, 3.05) is 20.2 Å². The van der Waals surface area contributed by atoms with Crippen molar-refractivity contribution in [3.05, 3.63) is 18.0 Å². The number of esters is 1. The Bertz CT molecular complexity index is 566. The molecule has 120 valence electrons. The summed E-state index contributed by atoms with van der Waals surface area (Å²) in [6, 6.07) is 1.31. The Morgan fingerprint density at radius 1 is 1.24 bits per heavy atom. The van der Waals surface area contributed by atoms with Gasteiger partial charge in [-0.25, -0.2) is 13.2 Å². The molecule has 6 nitrogen and oxygen atoms in total. The molecule has 0 bridgehead atoms. The first-order valence-electron chi connectivity index (χ1n) is 6.95. The summed E-state index contributed by atoms with van der Waals surface area (Å²) in [5.41, 5.74) is 0.130. The highest BCUT2D eigenvalue weighted by Crippen LogP contribution is 2.20. The highest BCUT2D eigenvalue weighted by Gasteiger charge is 2.27. The fourth-order valence-electron chi connectivity index (χ4n) is 1.99. The topological polar surface area (TPSA) is 79.5 Å². The van der Waals surface area contributed by atoms with Crippen molar-refractivity contribution in [1.82, 2.24) is 9.29 Å². The second-order valence-corrected chi connectivity index (χ2v) is 7.79. The lowest BCUT2D eigenvalue weighted by atomic mass is 10.2. The molecule has 0 fully saturated rings. The maximum atomic E-state index is 12.7. The monoisotopic (exact) mass is 316 g/mol. The lowest BCUT2D eigenvalue weighted by Gasteiger charge is -2.25. The molecule has 0 aliphatic carbocycles. The highest BCUT2D eigenvalue weighted by atomic mass is 32.2. The van der Waals surface area contributed by atoms with Crippen LogP contribution in [0.2, 0.25) is 0 Å². The number of nitrogens with zero attached hydrogens (tertiary/aromatic N) is 1. The molecule has 0 amide bonds. The number of carbonyl (C=O) groups excluding carboxylic acids is 1. The molecule has 0 aliphatic rings. The van der Waals surface area contributed by atoms with E-state index < -0.39 is 16.0 Å². The molecule has 0 saturated carbocycles. The number of ether oxygens (including phenoxy) is 1. The SMILES string of the molecule is COC(=O)c1cc(S(=O)(=O)N(CC(C)C)CC(C)C)c[nH]1. The Balaban J connectivity index is 3.10. The van der Waals surface area contributed by atoms with Crippen molar-refractivity contribution in [2.24, 2.45) is 11.8 Å². The van der Waals surface area contributed by atoms with E-state index in [1.807, 2.05) is 27.7 Å². The number of rotatable bonds is 7. The molecule has 0 spiro atoms. The van der Waals surface area contributed by atoms with E-state index in [4.69, 9.17) is 0 Å². The van der Waals surface area contributed by atoms with Gasteiger partial charge in [0.25, 0.3) is 0 Å². The molecule has 7 heteroatoms. The largest absolute Gasteiger partial charge is 0.464 e. The number of aromatic amines is 1. The summed E-state index contributed by atoms with van der Waals surface area (Å²) in [6.45, 7) is 8.78. The second kappa shape index (κ2) is 7.09. The van der Waals surface area contributed by atoms with Crippen LogP contribution in [0.25, 0.3) is 0 Å². The maximum absolute atomic E-state index is 12.7. The van der Waals surface area contributed by atoms with Crippen LogP contribution in [0.1, 0.15) is 38.2 Å². The predicted octanol–water partition coefficient (Wildman–Crippen LogP) is 2.10. The Labute approximate surface area is 126 Å². The summed E-state index contributed by atoms with van der Waals surface area (Å²) in [5.74, 6) is -0.147. The summed E-state index contributed by atoms with van der Waals surface area (Å²) in [4.78, 5) is 14.1. The minimum Gasteiger partial charge on any atom is -0.464 e. The van der Waals surface area contributed by atoms with Crippen LogP contribution in [-0.2, 0) is 14.8 Å². The van der Waals surface area contributed by atoms with Crippen molar-refractivity contribution in [2.45, 2.75) is 32.6 Å². The molecular formula is C14H24N2O4S. The van der Waals surface area contributed by atoms with Crippen LogP contribution in [0.15, 0.2) is 17.2 Å². The Morgan fingerprint density at radius 3 is 2.19 bits per heavy atom. The van der Waals surface area contributed by atoms with E-state index in [0.29, 0.717) is 13.1 Å². The zero-order valence-electron chi connectivity index (χ0n) is 13.2. The first kappa shape index (κ1) is 17.7. The van der Waals surface area contributed by atoms with E-state index in [2.05, 4.69) is 9.72 Å². The van der Waals surface area contributed by atoms with E-state index >= 15 is 0 Å². The summed E-state index contributed by atoms with van der Waals surface area (Å²) in [7, 11) is -2.37. The normalized spacial score (nSPS) is 12.4. The Kier molecular flexibility index (Phi) is 5.98. The van der Waals surface area contributed by atoms with Gasteiger partial charge in [-0.3, -0.25) is 0 Å². The zero-order valence-corrected chi connectivity index (χ0v) is 14.0. The van der Waals surface area contributed by atoms with Crippen LogP contribution >= 0.6 is 0 Å². The molecular weight excluding hydrogens is 292 g/mol. The third kappa shape index (κ3) is 4.57. The molecule has 1 heterocycles. The van der Waals surface area contributed by atoms with Crippen LogP contribution in [0.3, 0.4) is 0 Å². The fraction of sp³-hybridized carbons (Fsp3) is 0.643. The van der Waals surface area contributed by atoms with E-state index in [1.165, 1.54) is 23.7 Å². The van der Waals surface area contributed by atoms with Crippen molar-refractivity contribution in [1.29, 1.82) is 0 Å². The van der Waals surface area contributed by atoms with Crippen molar-refractivity contribution in [3.8, 4) is 0 Å². The van der Waals surface area contributed by atoms with Gasteiger partial charge in [-0.15, -0.1) is 0 Å². The number of nitrogens with one attached hydrogen (secondary N) is 1. The Hall–Kier alpha value is -1.34. The first-order valence-corrected chi connectivity index (χ1v) is 8.39. The van der Waals surface area contributed by atoms with Gasteiger partial charge in [-0.2, -0.15) is 4.31 Å². The predicted molar refractivity (Wildman–Crippen MR) is 80.6 cm³/mol. The second-order valence-electron chi connectivity index (χ2n) is 5.85. The molecule has 0 radical (unpaired) electrons. The van der Waals surface area contributed by atoms with Gasteiger partial charge in [0, 0.05) is 19.3 Å². The van der Waals surface area contributed by atoms with Gasteiger partial charge in [0.15, 0.2) is 0 Å². The lowest BCUT2D eigenvalue weighted by molar-refractivity contribution is 0.0594. The van der Waals surface area contributed by atoms with E-state index in [0.717, 1.165) is 0 Å². The van der Waals surface area contributed by atoms with Gasteiger partial charge in [0.05, 0.1) is 7.11 Å². The molecule has 1 aromatic heterocycles. The Morgan fingerprint density at radius 2 is 1.76 bits per heavy atom. The number of sulfonamides is 1. The smallest absolute Gasteiger partial charge is 0.354 e. The molecule has 0 aliphatic heterocycles. The van der Waals surface area contributed by atoms with Crippen LogP contribution < -0.4 is 0 Å². The molecule has 0 atom stereocenters. The third-order valence-corrected chi connectivity index (χ3v) is 4.65. The first-order chi connectivity index (χ1) is 9.68. The van der Waals surface area contributed by atoms with E-state index in [1.54, 1.807) is 0 Å². The number of hydrogen-bond acceptors (Lipinski definition) is 4. The van der Waals surface area contributed by atoms with Gasteiger partial charge in [0.1, 0.15) is 10.6 Å². The number of carbonyl (C=O) groups is 1. The van der Waals surface area contributed by atoms with Crippen molar-refractivity contribution >= 4 is 16.0 Å². The van der Waals surface area contributed by atoms with Gasteiger partial charge in [0.2, 0.25) is 10.0 Å². The van der Waals surface area contributed by atoms with Crippen LogP contribution in [0.5, 0.6) is 0 Å². The number of methoxy groups -OCH3 is 1. The number of H-pyrrole nitrogens is 1. The van der Waals surface area contributed by atoms with Gasteiger partial charge >= 0.3 is 5.97 Å².